The van der Waals surface area contributed by atoms with E-state index < -0.39 is 0 Å². The van der Waals surface area contributed by atoms with Gasteiger partial charge in [-0.25, -0.2) is 9.38 Å². The molecule has 0 spiro atoms. The average Bonchev–Trinajstić information content (AvgIpc) is 3.06. The summed E-state index contributed by atoms with van der Waals surface area (Å²) in [4.78, 5) is 4.74. The summed E-state index contributed by atoms with van der Waals surface area (Å²) in [6.07, 6.45) is 0.668. The van der Waals surface area contributed by atoms with E-state index in [-0.39, 0.29) is 0 Å². The fraction of sp³-hybridized carbons (Fsp3) is 0.211. The van der Waals surface area contributed by atoms with Crippen molar-refractivity contribution in [2.24, 2.45) is 0 Å². The van der Waals surface area contributed by atoms with E-state index in [9.17, 15) is 0 Å². The molecule has 0 amide bonds. The minimum atomic E-state index is 0.576. The second-order valence-electron chi connectivity index (χ2n) is 5.95. The number of nitrogens with zero attached hydrogens (tertiary/aromatic N) is 4. The summed E-state index contributed by atoms with van der Waals surface area (Å²) in [5.74, 6) is 1.51. The van der Waals surface area contributed by atoms with Gasteiger partial charge in [-0.3, -0.25) is 0 Å². The molecule has 2 aromatic heterocycles. The number of hydrogen-bond donors (Lipinski definition) is 1. The van der Waals surface area contributed by atoms with Gasteiger partial charge >= 0.3 is 0 Å². The van der Waals surface area contributed by atoms with E-state index in [1.54, 1.807) is 7.11 Å². The Morgan fingerprint density at radius 3 is 2.77 bits per heavy atom. The monoisotopic (exact) mass is 367 g/mol. The second-order valence-corrected chi connectivity index (χ2v) is 6.39. The minimum Gasteiger partial charge on any atom is -0.383 e. The van der Waals surface area contributed by atoms with Gasteiger partial charge in [0.05, 0.1) is 12.1 Å². The molecule has 0 fully saturated rings. The third-order valence-corrected chi connectivity index (χ3v) is 4.40. The van der Waals surface area contributed by atoms with Crippen LogP contribution in [0, 0.1) is 0 Å². The maximum absolute atomic E-state index is 6.14. The van der Waals surface area contributed by atoms with Crippen molar-refractivity contribution in [3.63, 3.8) is 0 Å². The van der Waals surface area contributed by atoms with Crippen molar-refractivity contribution in [2.45, 2.75) is 6.42 Å². The van der Waals surface area contributed by atoms with Crippen LogP contribution >= 0.6 is 11.6 Å². The fourth-order valence-electron chi connectivity index (χ4n) is 2.94. The number of hydrogen-bond acceptors (Lipinski definition) is 5. The highest BCUT2D eigenvalue weighted by Crippen LogP contribution is 2.25. The Bertz CT molecular complexity index is 1050. The molecule has 4 aromatic rings. The van der Waals surface area contributed by atoms with Crippen molar-refractivity contribution >= 4 is 34.1 Å². The standard InChI is InChI=1S/C19H18ClN5O/c1-26-10-9-21-19-22-16-12-14(20)7-8-15(16)18-24-23-17(25(18)19)11-13-5-3-2-4-6-13/h2-8,12H,9-11H2,1H3,(H,21,22). The summed E-state index contributed by atoms with van der Waals surface area (Å²) < 4.78 is 7.11. The maximum Gasteiger partial charge on any atom is 0.210 e. The van der Waals surface area contributed by atoms with Crippen LogP contribution in [0.2, 0.25) is 5.02 Å². The summed E-state index contributed by atoms with van der Waals surface area (Å²) in [7, 11) is 1.67. The van der Waals surface area contributed by atoms with E-state index in [2.05, 4.69) is 27.6 Å². The molecule has 0 saturated carbocycles. The molecular formula is C19H18ClN5O. The van der Waals surface area contributed by atoms with Gasteiger partial charge in [-0.05, 0) is 23.8 Å². The van der Waals surface area contributed by atoms with Gasteiger partial charge in [0.2, 0.25) is 5.95 Å². The lowest BCUT2D eigenvalue weighted by atomic mass is 10.1. The Morgan fingerprint density at radius 2 is 1.96 bits per heavy atom. The Balaban J connectivity index is 1.86. The van der Waals surface area contributed by atoms with Crippen LogP contribution in [0.5, 0.6) is 0 Å². The van der Waals surface area contributed by atoms with Gasteiger partial charge in [0.1, 0.15) is 5.82 Å². The smallest absolute Gasteiger partial charge is 0.210 e. The van der Waals surface area contributed by atoms with E-state index >= 15 is 0 Å². The van der Waals surface area contributed by atoms with E-state index in [0.29, 0.717) is 30.5 Å². The highest BCUT2D eigenvalue weighted by atomic mass is 35.5. The van der Waals surface area contributed by atoms with Crippen molar-refractivity contribution < 1.29 is 4.74 Å². The summed E-state index contributed by atoms with van der Waals surface area (Å²) in [6, 6.07) is 15.8. The first-order valence-electron chi connectivity index (χ1n) is 8.36. The van der Waals surface area contributed by atoms with Crippen molar-refractivity contribution in [1.82, 2.24) is 19.6 Å². The molecule has 0 aliphatic carbocycles. The lowest BCUT2D eigenvalue weighted by Gasteiger charge is -2.11. The Hall–Kier alpha value is -2.70. The third kappa shape index (κ3) is 3.21. The highest BCUT2D eigenvalue weighted by Gasteiger charge is 2.15. The van der Waals surface area contributed by atoms with Crippen LogP contribution in [-0.4, -0.2) is 39.8 Å². The number of methoxy groups -OCH3 is 1. The van der Waals surface area contributed by atoms with Gasteiger partial charge in [-0.2, -0.15) is 0 Å². The quantitative estimate of drug-likeness (QED) is 0.528. The van der Waals surface area contributed by atoms with Crippen LogP contribution in [0.15, 0.2) is 48.5 Å². The van der Waals surface area contributed by atoms with Gasteiger partial charge in [0.15, 0.2) is 5.65 Å². The molecule has 0 aliphatic rings. The predicted octanol–water partition coefficient (Wildman–Crippen LogP) is 3.58. The topological polar surface area (TPSA) is 64.3 Å². The van der Waals surface area contributed by atoms with Gasteiger partial charge < -0.3 is 10.1 Å². The Kier molecular flexibility index (Phi) is 4.69. The summed E-state index contributed by atoms with van der Waals surface area (Å²) >= 11 is 6.14. The molecule has 2 aromatic carbocycles. The lowest BCUT2D eigenvalue weighted by Crippen LogP contribution is -2.13. The molecule has 26 heavy (non-hydrogen) atoms. The lowest BCUT2D eigenvalue weighted by molar-refractivity contribution is 0.210. The molecule has 0 atom stereocenters. The number of benzene rings is 2. The first kappa shape index (κ1) is 16.8. The van der Waals surface area contributed by atoms with E-state index in [1.165, 1.54) is 5.56 Å². The summed E-state index contributed by atoms with van der Waals surface area (Å²) in [5, 5.41) is 13.7. The molecule has 0 unspecified atom stereocenters. The highest BCUT2D eigenvalue weighted by molar-refractivity contribution is 6.31. The van der Waals surface area contributed by atoms with Crippen LogP contribution in [-0.2, 0) is 11.2 Å². The number of nitrogens with one attached hydrogen (secondary N) is 1. The number of rotatable bonds is 6. The number of halogens is 1. The number of aromatic nitrogens is 4. The van der Waals surface area contributed by atoms with E-state index in [4.69, 9.17) is 21.3 Å². The van der Waals surface area contributed by atoms with E-state index in [1.807, 2.05) is 40.8 Å². The Morgan fingerprint density at radius 1 is 1.12 bits per heavy atom. The predicted molar refractivity (Wildman–Crippen MR) is 103 cm³/mol. The molecule has 0 radical (unpaired) electrons. The van der Waals surface area contributed by atoms with Crippen LogP contribution < -0.4 is 5.32 Å². The maximum atomic E-state index is 6.14. The number of fused-ring (bicyclic) bond motifs is 3. The van der Waals surface area contributed by atoms with Crippen LogP contribution in [0.4, 0.5) is 5.95 Å². The third-order valence-electron chi connectivity index (χ3n) is 4.16. The second kappa shape index (κ2) is 7.27. The molecule has 1 N–H and O–H groups in total. The average molecular weight is 368 g/mol. The van der Waals surface area contributed by atoms with Gasteiger partial charge in [0.25, 0.3) is 0 Å². The molecule has 6 nitrogen and oxygen atoms in total. The first-order chi connectivity index (χ1) is 12.8. The molecule has 7 heteroatoms. The number of ether oxygens (including phenoxy) is 1. The first-order valence-corrected chi connectivity index (χ1v) is 8.74. The van der Waals surface area contributed by atoms with E-state index in [0.717, 1.165) is 22.4 Å². The van der Waals surface area contributed by atoms with Gasteiger partial charge in [0, 0.05) is 30.5 Å². The molecule has 2 heterocycles. The Labute approximate surface area is 155 Å². The van der Waals surface area contributed by atoms with Crippen molar-refractivity contribution in [1.29, 1.82) is 0 Å². The fourth-order valence-corrected chi connectivity index (χ4v) is 3.11. The number of anilines is 1. The largest absolute Gasteiger partial charge is 0.383 e. The zero-order chi connectivity index (χ0) is 17.9. The van der Waals surface area contributed by atoms with Crippen molar-refractivity contribution in [3.8, 4) is 0 Å². The molecule has 0 aliphatic heterocycles. The summed E-state index contributed by atoms with van der Waals surface area (Å²) in [5.41, 5.74) is 2.71. The molecule has 4 rings (SSSR count). The zero-order valence-electron chi connectivity index (χ0n) is 14.3. The van der Waals surface area contributed by atoms with Crippen LogP contribution in [0.3, 0.4) is 0 Å². The molecular weight excluding hydrogens is 350 g/mol. The molecule has 132 valence electrons. The van der Waals surface area contributed by atoms with Gasteiger partial charge in [-0.15, -0.1) is 10.2 Å². The SMILES string of the molecule is COCCNc1nc2cc(Cl)ccc2c2nnc(Cc3ccccc3)n12. The zero-order valence-corrected chi connectivity index (χ0v) is 15.1. The summed E-state index contributed by atoms with van der Waals surface area (Å²) in [6.45, 7) is 1.21. The minimum absolute atomic E-state index is 0.576. The van der Waals surface area contributed by atoms with Crippen molar-refractivity contribution in [2.75, 3.05) is 25.6 Å². The van der Waals surface area contributed by atoms with Gasteiger partial charge in [-0.1, -0.05) is 41.9 Å². The van der Waals surface area contributed by atoms with Crippen LogP contribution in [0.25, 0.3) is 16.6 Å². The normalized spacial score (nSPS) is 11.3. The van der Waals surface area contributed by atoms with Crippen LogP contribution in [0.1, 0.15) is 11.4 Å². The van der Waals surface area contributed by atoms with Crippen molar-refractivity contribution in [3.05, 3.63) is 64.9 Å². The molecule has 0 bridgehead atoms. The molecule has 0 saturated heterocycles.